The van der Waals surface area contributed by atoms with Crippen LogP contribution in [-0.2, 0) is 16.1 Å². The number of para-hydroxylation sites is 2. The molecule has 3 rings (SSSR count). The summed E-state index contributed by atoms with van der Waals surface area (Å²) in [5.41, 5.74) is 3.41. The second kappa shape index (κ2) is 7.44. The van der Waals surface area contributed by atoms with E-state index in [0.717, 1.165) is 22.3 Å². The standard InChI is InChI=1S/C19H18N4O2/c1-13(24)21-15-9-6-14(7-10-15)8-11-19(25)20-12-18-22-16-4-2-3-5-17(16)23-18/h2-11H,12H2,1H3,(H,20,25)(H,21,24)(H,22,23)/b11-8+. The van der Waals surface area contributed by atoms with Gasteiger partial charge in [0.2, 0.25) is 11.8 Å². The lowest BCUT2D eigenvalue weighted by Gasteiger charge is -2.02. The van der Waals surface area contributed by atoms with E-state index in [4.69, 9.17) is 0 Å². The maximum absolute atomic E-state index is 11.9. The number of nitrogens with zero attached hydrogens (tertiary/aromatic N) is 1. The van der Waals surface area contributed by atoms with E-state index < -0.39 is 0 Å². The van der Waals surface area contributed by atoms with Crippen LogP contribution in [0.25, 0.3) is 17.1 Å². The van der Waals surface area contributed by atoms with Gasteiger partial charge in [-0.1, -0.05) is 24.3 Å². The normalized spacial score (nSPS) is 10.9. The van der Waals surface area contributed by atoms with E-state index in [9.17, 15) is 9.59 Å². The molecule has 0 aliphatic heterocycles. The Balaban J connectivity index is 1.54. The van der Waals surface area contributed by atoms with Crippen molar-refractivity contribution in [2.75, 3.05) is 5.32 Å². The summed E-state index contributed by atoms with van der Waals surface area (Å²) < 4.78 is 0. The first-order valence-electron chi connectivity index (χ1n) is 7.87. The van der Waals surface area contributed by atoms with E-state index >= 15 is 0 Å². The maximum atomic E-state index is 11.9. The minimum Gasteiger partial charge on any atom is -0.345 e. The molecule has 6 heteroatoms. The van der Waals surface area contributed by atoms with Crippen LogP contribution in [0, 0.1) is 0 Å². The van der Waals surface area contributed by atoms with Crippen molar-refractivity contribution in [2.24, 2.45) is 0 Å². The van der Waals surface area contributed by atoms with Crippen LogP contribution in [0.2, 0.25) is 0 Å². The Kier molecular flexibility index (Phi) is 4.89. The summed E-state index contributed by atoms with van der Waals surface area (Å²) in [4.78, 5) is 30.5. The molecular formula is C19H18N4O2. The number of benzene rings is 2. The van der Waals surface area contributed by atoms with E-state index in [0.29, 0.717) is 12.4 Å². The average Bonchev–Trinajstić information content (AvgIpc) is 3.02. The van der Waals surface area contributed by atoms with Gasteiger partial charge in [-0.25, -0.2) is 4.98 Å². The molecule has 1 aromatic heterocycles. The van der Waals surface area contributed by atoms with Crippen molar-refractivity contribution in [3.63, 3.8) is 0 Å². The van der Waals surface area contributed by atoms with Crippen LogP contribution in [0.1, 0.15) is 18.3 Å². The second-order valence-corrected chi connectivity index (χ2v) is 5.55. The first-order valence-corrected chi connectivity index (χ1v) is 7.87. The van der Waals surface area contributed by atoms with Crippen molar-refractivity contribution in [3.05, 3.63) is 66.0 Å². The van der Waals surface area contributed by atoms with Gasteiger partial charge in [0.1, 0.15) is 5.82 Å². The zero-order valence-corrected chi connectivity index (χ0v) is 13.7. The van der Waals surface area contributed by atoms with Crippen LogP contribution >= 0.6 is 0 Å². The van der Waals surface area contributed by atoms with Crippen LogP contribution in [0.3, 0.4) is 0 Å². The highest BCUT2D eigenvalue weighted by atomic mass is 16.2. The zero-order valence-electron chi connectivity index (χ0n) is 13.7. The molecule has 2 aromatic carbocycles. The third-order valence-electron chi connectivity index (χ3n) is 3.53. The summed E-state index contributed by atoms with van der Waals surface area (Å²) in [6, 6.07) is 14.9. The van der Waals surface area contributed by atoms with Crippen molar-refractivity contribution in [1.82, 2.24) is 15.3 Å². The Morgan fingerprint density at radius 3 is 2.60 bits per heavy atom. The number of hydrogen-bond donors (Lipinski definition) is 3. The summed E-state index contributed by atoms with van der Waals surface area (Å²) >= 11 is 0. The first kappa shape index (κ1) is 16.4. The van der Waals surface area contributed by atoms with Gasteiger partial charge in [0, 0.05) is 18.7 Å². The number of hydrogen-bond acceptors (Lipinski definition) is 3. The molecule has 0 spiro atoms. The number of H-pyrrole nitrogens is 1. The van der Waals surface area contributed by atoms with Gasteiger partial charge in [0.15, 0.2) is 0 Å². The van der Waals surface area contributed by atoms with Gasteiger partial charge < -0.3 is 15.6 Å². The molecule has 0 saturated heterocycles. The first-order chi connectivity index (χ1) is 12.1. The molecule has 0 aliphatic carbocycles. The molecule has 6 nitrogen and oxygen atoms in total. The van der Waals surface area contributed by atoms with E-state index in [-0.39, 0.29) is 11.8 Å². The smallest absolute Gasteiger partial charge is 0.244 e. The number of carbonyl (C=O) groups is 2. The van der Waals surface area contributed by atoms with Crippen molar-refractivity contribution in [2.45, 2.75) is 13.5 Å². The van der Waals surface area contributed by atoms with E-state index in [1.54, 1.807) is 18.2 Å². The molecule has 0 radical (unpaired) electrons. The molecule has 126 valence electrons. The Hall–Kier alpha value is -3.41. The number of amides is 2. The Labute approximate surface area is 145 Å². The van der Waals surface area contributed by atoms with Crippen LogP contribution < -0.4 is 10.6 Å². The molecular weight excluding hydrogens is 316 g/mol. The fourth-order valence-corrected chi connectivity index (χ4v) is 2.37. The van der Waals surface area contributed by atoms with Crippen LogP contribution in [0.5, 0.6) is 0 Å². The molecule has 3 aromatic rings. The summed E-state index contributed by atoms with van der Waals surface area (Å²) in [7, 11) is 0. The molecule has 3 N–H and O–H groups in total. The summed E-state index contributed by atoms with van der Waals surface area (Å²) in [6.07, 6.45) is 3.18. The predicted octanol–water partition coefficient (Wildman–Crippen LogP) is 2.85. The molecule has 0 bridgehead atoms. The third kappa shape index (κ3) is 4.54. The quantitative estimate of drug-likeness (QED) is 0.627. The van der Waals surface area contributed by atoms with E-state index in [1.165, 1.54) is 13.0 Å². The lowest BCUT2D eigenvalue weighted by atomic mass is 10.2. The van der Waals surface area contributed by atoms with Gasteiger partial charge in [-0.05, 0) is 35.9 Å². The minimum absolute atomic E-state index is 0.117. The van der Waals surface area contributed by atoms with Gasteiger partial charge in [-0.15, -0.1) is 0 Å². The fraction of sp³-hybridized carbons (Fsp3) is 0.105. The monoisotopic (exact) mass is 334 g/mol. The maximum Gasteiger partial charge on any atom is 0.244 e. The number of nitrogens with one attached hydrogen (secondary N) is 3. The Morgan fingerprint density at radius 2 is 1.88 bits per heavy atom. The average molecular weight is 334 g/mol. The SMILES string of the molecule is CC(=O)Nc1ccc(/C=C/C(=O)NCc2nc3ccccc3[nH]2)cc1. The van der Waals surface area contributed by atoms with Gasteiger partial charge >= 0.3 is 0 Å². The lowest BCUT2D eigenvalue weighted by Crippen LogP contribution is -2.20. The largest absolute Gasteiger partial charge is 0.345 e. The molecule has 0 aliphatic rings. The van der Waals surface area contributed by atoms with Crippen molar-refractivity contribution in [1.29, 1.82) is 0 Å². The predicted molar refractivity (Wildman–Crippen MR) is 97.7 cm³/mol. The van der Waals surface area contributed by atoms with Crippen molar-refractivity contribution >= 4 is 34.6 Å². The van der Waals surface area contributed by atoms with Crippen LogP contribution in [-0.4, -0.2) is 21.8 Å². The molecule has 2 amide bonds. The van der Waals surface area contributed by atoms with Crippen LogP contribution in [0.4, 0.5) is 5.69 Å². The highest BCUT2D eigenvalue weighted by Crippen LogP contribution is 2.11. The van der Waals surface area contributed by atoms with Gasteiger partial charge in [0.25, 0.3) is 0 Å². The topological polar surface area (TPSA) is 86.9 Å². The highest BCUT2D eigenvalue weighted by molar-refractivity contribution is 5.92. The molecule has 0 saturated carbocycles. The summed E-state index contributed by atoms with van der Waals surface area (Å²) in [6.45, 7) is 1.79. The third-order valence-corrected chi connectivity index (χ3v) is 3.53. The molecule has 0 fully saturated rings. The number of rotatable bonds is 5. The fourth-order valence-electron chi connectivity index (χ4n) is 2.37. The number of imidazole rings is 1. The highest BCUT2D eigenvalue weighted by Gasteiger charge is 2.03. The molecule has 1 heterocycles. The van der Waals surface area contributed by atoms with E-state index in [2.05, 4.69) is 20.6 Å². The number of anilines is 1. The molecule has 25 heavy (non-hydrogen) atoms. The zero-order chi connectivity index (χ0) is 17.6. The van der Waals surface area contributed by atoms with Crippen molar-refractivity contribution < 1.29 is 9.59 Å². The van der Waals surface area contributed by atoms with Gasteiger partial charge in [0.05, 0.1) is 17.6 Å². The second-order valence-electron chi connectivity index (χ2n) is 5.55. The number of aromatic nitrogens is 2. The van der Waals surface area contributed by atoms with Gasteiger partial charge in [-0.2, -0.15) is 0 Å². The lowest BCUT2D eigenvalue weighted by molar-refractivity contribution is -0.116. The number of aromatic amines is 1. The van der Waals surface area contributed by atoms with Crippen molar-refractivity contribution in [3.8, 4) is 0 Å². The summed E-state index contributed by atoms with van der Waals surface area (Å²) in [5, 5.41) is 5.48. The minimum atomic E-state index is -0.202. The van der Waals surface area contributed by atoms with Crippen LogP contribution in [0.15, 0.2) is 54.6 Å². The number of carbonyl (C=O) groups excluding carboxylic acids is 2. The van der Waals surface area contributed by atoms with E-state index in [1.807, 2.05) is 36.4 Å². The molecule has 0 unspecified atom stereocenters. The summed E-state index contributed by atoms with van der Waals surface area (Å²) in [5.74, 6) is 0.391. The Morgan fingerprint density at radius 1 is 1.12 bits per heavy atom. The Bertz CT molecular complexity index is 893. The number of fused-ring (bicyclic) bond motifs is 1. The van der Waals surface area contributed by atoms with Gasteiger partial charge in [-0.3, -0.25) is 9.59 Å². The molecule has 0 atom stereocenters.